The van der Waals surface area contributed by atoms with Gasteiger partial charge < -0.3 is 4.90 Å². The number of nitriles is 1. The molecule has 0 aliphatic rings. The summed E-state index contributed by atoms with van der Waals surface area (Å²) in [5.41, 5.74) is 13.3. The maximum Gasteiger partial charge on any atom is 0.137 e. The zero-order valence-corrected chi connectivity index (χ0v) is 37.5. The van der Waals surface area contributed by atoms with Crippen LogP contribution >= 0.6 is 0 Å². The highest BCUT2D eigenvalue weighted by molar-refractivity contribution is 6.88. The molecule has 0 saturated heterocycles. The quantitative estimate of drug-likeness (QED) is 0.129. The first-order valence-electron chi connectivity index (χ1n) is 20.8. The molecular formula is C55H56N4Si. The molecule has 300 valence electrons. The maximum atomic E-state index is 9.39. The van der Waals surface area contributed by atoms with Crippen molar-refractivity contribution in [2.45, 2.75) is 72.0 Å². The van der Waals surface area contributed by atoms with E-state index in [9.17, 15) is 5.26 Å². The molecule has 4 nitrogen and oxygen atoms in total. The molecule has 0 fully saturated rings. The van der Waals surface area contributed by atoms with Crippen LogP contribution in [0.5, 0.6) is 0 Å². The van der Waals surface area contributed by atoms with Crippen LogP contribution in [-0.2, 0) is 10.8 Å². The van der Waals surface area contributed by atoms with Crippen molar-refractivity contribution < 1.29 is 0 Å². The Hall–Kier alpha value is -6.48. The summed E-state index contributed by atoms with van der Waals surface area (Å²) >= 11 is 0. The molecule has 0 spiro atoms. The van der Waals surface area contributed by atoms with E-state index in [4.69, 9.17) is 4.98 Å². The number of hydrogen-bond acceptors (Lipinski definition) is 4. The second-order valence-electron chi connectivity index (χ2n) is 18.7. The van der Waals surface area contributed by atoms with Crippen LogP contribution in [0, 0.1) is 11.3 Å². The van der Waals surface area contributed by atoms with Gasteiger partial charge in [0.1, 0.15) is 5.82 Å². The fraction of sp³-hybridized carbons (Fsp3) is 0.200. The molecule has 1 heterocycles. The first-order chi connectivity index (χ1) is 28.6. The zero-order chi connectivity index (χ0) is 42.7. The van der Waals surface area contributed by atoms with Crippen LogP contribution < -0.4 is 15.0 Å². The van der Waals surface area contributed by atoms with E-state index in [0.29, 0.717) is 5.56 Å². The number of benzene rings is 6. The minimum Gasteiger partial charge on any atom is -0.311 e. The van der Waals surface area contributed by atoms with Crippen LogP contribution in [-0.4, -0.2) is 13.1 Å². The summed E-state index contributed by atoms with van der Waals surface area (Å²) in [5.74, 6) is 0.813. The third kappa shape index (κ3) is 9.68. The Morgan fingerprint density at radius 3 is 1.27 bits per heavy atom. The largest absolute Gasteiger partial charge is 0.311 e. The fourth-order valence-electron chi connectivity index (χ4n) is 7.29. The molecule has 60 heavy (non-hydrogen) atoms. The topological polar surface area (TPSA) is 43.2 Å². The lowest BCUT2D eigenvalue weighted by Gasteiger charge is -2.28. The molecule has 0 bridgehead atoms. The van der Waals surface area contributed by atoms with Crippen molar-refractivity contribution in [2.75, 3.05) is 9.80 Å². The summed E-state index contributed by atoms with van der Waals surface area (Å²) in [6.45, 7) is 20.6. The molecule has 7 rings (SSSR count). The molecule has 0 atom stereocenters. The standard InChI is InChI=1S/C55H56N4Si/c1-54(2,3)45-21-29-48(30-22-45)58(49-31-23-46(24-32-49)55(4,5)6)47-27-19-44(20-28-47)43-17-12-40(13-18-43)10-11-42-16-37-53(57-39-42)59(50-25-14-41(38-56)15-26-50)51-33-35-52(36-34-51)60(7,8)9/h10-37,39H,1-9H3/b11-10+. The van der Waals surface area contributed by atoms with Gasteiger partial charge in [0, 0.05) is 34.6 Å². The van der Waals surface area contributed by atoms with Gasteiger partial charge in [0.25, 0.3) is 0 Å². The average Bonchev–Trinajstić information content (AvgIpc) is 3.24. The minimum absolute atomic E-state index is 0.0891. The smallest absolute Gasteiger partial charge is 0.137 e. The first-order valence-corrected chi connectivity index (χ1v) is 24.3. The number of pyridine rings is 1. The lowest BCUT2D eigenvalue weighted by atomic mass is 9.86. The molecule has 0 aliphatic carbocycles. The van der Waals surface area contributed by atoms with Crippen LogP contribution in [0.15, 0.2) is 164 Å². The van der Waals surface area contributed by atoms with E-state index in [1.807, 2.05) is 30.5 Å². The fourth-order valence-corrected chi connectivity index (χ4v) is 8.45. The Labute approximate surface area is 359 Å². The van der Waals surface area contributed by atoms with Gasteiger partial charge in [-0.2, -0.15) is 5.26 Å². The molecule has 0 unspecified atom stereocenters. The number of hydrogen-bond donors (Lipinski definition) is 0. The summed E-state index contributed by atoms with van der Waals surface area (Å²) in [5, 5.41) is 10.8. The van der Waals surface area contributed by atoms with Crippen LogP contribution in [0.2, 0.25) is 19.6 Å². The van der Waals surface area contributed by atoms with E-state index in [0.717, 1.165) is 45.4 Å². The van der Waals surface area contributed by atoms with Gasteiger partial charge >= 0.3 is 0 Å². The molecule has 5 heteroatoms. The Bertz CT molecular complexity index is 2520. The van der Waals surface area contributed by atoms with Crippen LogP contribution in [0.3, 0.4) is 0 Å². The van der Waals surface area contributed by atoms with E-state index >= 15 is 0 Å². The van der Waals surface area contributed by atoms with E-state index in [2.05, 4.69) is 223 Å². The summed E-state index contributed by atoms with van der Waals surface area (Å²) in [4.78, 5) is 9.39. The molecule has 1 aromatic heterocycles. The third-order valence-electron chi connectivity index (χ3n) is 11.1. The van der Waals surface area contributed by atoms with Crippen molar-refractivity contribution in [3.05, 3.63) is 192 Å². The molecule has 7 aromatic rings. The van der Waals surface area contributed by atoms with E-state index in [-0.39, 0.29) is 10.8 Å². The van der Waals surface area contributed by atoms with Crippen LogP contribution in [0.25, 0.3) is 23.3 Å². The number of rotatable bonds is 10. The van der Waals surface area contributed by atoms with Crippen LogP contribution in [0.4, 0.5) is 34.3 Å². The number of nitrogens with zero attached hydrogens (tertiary/aromatic N) is 4. The van der Waals surface area contributed by atoms with Gasteiger partial charge in [-0.1, -0.05) is 151 Å². The molecule has 0 radical (unpaired) electrons. The van der Waals surface area contributed by atoms with Gasteiger partial charge in [0.15, 0.2) is 0 Å². The minimum atomic E-state index is -1.45. The Balaban J connectivity index is 1.09. The summed E-state index contributed by atoms with van der Waals surface area (Å²) < 4.78 is 0. The molecule has 0 N–H and O–H groups in total. The molecule has 0 amide bonds. The Kier molecular flexibility index (Phi) is 11.8. The molecule has 0 aliphatic heterocycles. The van der Waals surface area contributed by atoms with Crippen molar-refractivity contribution in [2.24, 2.45) is 0 Å². The Morgan fingerprint density at radius 2 is 0.850 bits per heavy atom. The van der Waals surface area contributed by atoms with Crippen molar-refractivity contribution >= 4 is 59.7 Å². The van der Waals surface area contributed by atoms with Gasteiger partial charge in [-0.05, 0) is 129 Å². The highest BCUT2D eigenvalue weighted by Crippen LogP contribution is 2.38. The SMILES string of the molecule is CC(C)(C)c1ccc(N(c2ccc(-c3ccc(/C=C/c4ccc(N(c5ccc(C#N)cc5)c5ccc([Si](C)(C)C)cc5)nc4)cc3)cc2)c2ccc(C(C)(C)C)cc2)cc1. The normalized spacial score (nSPS) is 12.0. The van der Waals surface area contributed by atoms with E-state index < -0.39 is 8.07 Å². The highest BCUT2D eigenvalue weighted by Gasteiger charge is 2.20. The zero-order valence-electron chi connectivity index (χ0n) is 36.5. The van der Waals surface area contributed by atoms with E-state index in [1.54, 1.807) is 0 Å². The third-order valence-corrected chi connectivity index (χ3v) is 13.1. The molecule has 0 saturated carbocycles. The second-order valence-corrected chi connectivity index (χ2v) is 23.7. The van der Waals surface area contributed by atoms with Gasteiger partial charge in [0.2, 0.25) is 0 Å². The second kappa shape index (κ2) is 17.0. The van der Waals surface area contributed by atoms with E-state index in [1.165, 1.54) is 27.4 Å². The molecule has 6 aromatic carbocycles. The number of anilines is 6. The average molecular weight is 801 g/mol. The lowest BCUT2D eigenvalue weighted by Crippen LogP contribution is -2.37. The van der Waals surface area contributed by atoms with Crippen molar-refractivity contribution in [1.82, 2.24) is 4.98 Å². The van der Waals surface area contributed by atoms with Crippen LogP contribution in [0.1, 0.15) is 69.4 Å². The van der Waals surface area contributed by atoms with Crippen molar-refractivity contribution in [3.8, 4) is 17.2 Å². The highest BCUT2D eigenvalue weighted by atomic mass is 28.3. The monoisotopic (exact) mass is 800 g/mol. The summed E-state index contributed by atoms with van der Waals surface area (Å²) in [6.07, 6.45) is 6.15. The van der Waals surface area contributed by atoms with Gasteiger partial charge in [-0.15, -0.1) is 0 Å². The van der Waals surface area contributed by atoms with Gasteiger partial charge in [-0.25, -0.2) is 4.98 Å². The van der Waals surface area contributed by atoms with Crippen molar-refractivity contribution in [3.63, 3.8) is 0 Å². The lowest BCUT2D eigenvalue weighted by molar-refractivity contribution is 0.590. The predicted octanol–water partition coefficient (Wildman–Crippen LogP) is 14.9. The Morgan fingerprint density at radius 1 is 0.467 bits per heavy atom. The van der Waals surface area contributed by atoms with Crippen molar-refractivity contribution in [1.29, 1.82) is 5.26 Å². The summed E-state index contributed by atoms with van der Waals surface area (Å²) in [6, 6.07) is 58.4. The summed E-state index contributed by atoms with van der Waals surface area (Å²) in [7, 11) is -1.45. The molecular weight excluding hydrogens is 745 g/mol. The number of aromatic nitrogens is 1. The van der Waals surface area contributed by atoms with Gasteiger partial charge in [-0.3, -0.25) is 4.90 Å². The van der Waals surface area contributed by atoms with Gasteiger partial charge in [0.05, 0.1) is 19.7 Å². The predicted molar refractivity (Wildman–Crippen MR) is 260 cm³/mol. The first kappa shape index (κ1) is 41.7. The maximum absolute atomic E-state index is 9.39.